The second kappa shape index (κ2) is 6.08. The highest BCUT2D eigenvalue weighted by atomic mass is 35.5. The molecule has 2 N–H and O–H groups in total. The number of benzene rings is 1. The Kier molecular flexibility index (Phi) is 4.72. The number of thiophene rings is 1. The van der Waals surface area contributed by atoms with Gasteiger partial charge in [0.1, 0.15) is 9.23 Å². The van der Waals surface area contributed by atoms with Gasteiger partial charge in [0.25, 0.3) is 10.0 Å². The minimum absolute atomic E-state index is 0.0106. The first-order chi connectivity index (χ1) is 10.1. The van der Waals surface area contributed by atoms with Crippen molar-refractivity contribution >= 4 is 56.2 Å². The maximum Gasteiger partial charge on any atom is 0.337 e. The molecule has 1 heterocycles. The summed E-state index contributed by atoms with van der Waals surface area (Å²) in [5, 5.41) is 9.26. The molecule has 2 rings (SSSR count). The summed E-state index contributed by atoms with van der Waals surface area (Å²) < 4.78 is 27.3. The van der Waals surface area contributed by atoms with Crippen LogP contribution in [0.4, 0.5) is 5.69 Å². The maximum absolute atomic E-state index is 12.4. The molecule has 22 heavy (non-hydrogen) atoms. The number of sulfonamides is 1. The third-order valence-corrected chi connectivity index (χ3v) is 5.96. The number of carboxylic acids is 1. The van der Waals surface area contributed by atoms with E-state index in [1.807, 2.05) is 0 Å². The first-order valence-electron chi connectivity index (χ1n) is 5.94. The Morgan fingerprint density at radius 2 is 1.86 bits per heavy atom. The van der Waals surface area contributed by atoms with Crippen LogP contribution in [0.25, 0.3) is 0 Å². The molecule has 0 fully saturated rings. The minimum atomic E-state index is -4.03. The zero-order valence-corrected chi connectivity index (χ0v) is 14.6. The van der Waals surface area contributed by atoms with E-state index in [1.165, 1.54) is 12.1 Å². The molecule has 0 aliphatic rings. The number of halogens is 2. The third kappa shape index (κ3) is 3.38. The lowest BCUT2D eigenvalue weighted by atomic mass is 10.0. The summed E-state index contributed by atoms with van der Waals surface area (Å²) in [6.45, 7) is 3.35. The molecule has 0 radical (unpaired) electrons. The van der Waals surface area contributed by atoms with E-state index in [2.05, 4.69) is 4.72 Å². The number of hydrogen-bond acceptors (Lipinski definition) is 4. The number of aromatic carboxylic acids is 1. The number of hydrogen-bond donors (Lipinski definition) is 2. The third-order valence-electron chi connectivity index (χ3n) is 2.86. The zero-order valence-electron chi connectivity index (χ0n) is 11.5. The monoisotopic (exact) mass is 379 g/mol. The van der Waals surface area contributed by atoms with Crippen molar-refractivity contribution < 1.29 is 18.3 Å². The number of aryl methyl sites for hydroxylation is 2. The summed E-state index contributed by atoms with van der Waals surface area (Å²) in [4.78, 5) is 11.2. The van der Waals surface area contributed by atoms with Crippen LogP contribution in [0.5, 0.6) is 0 Å². The lowest BCUT2D eigenvalue weighted by Gasteiger charge is -2.14. The molecule has 0 unspecified atom stereocenters. The Balaban J connectivity index is 2.55. The highest BCUT2D eigenvalue weighted by molar-refractivity contribution is 7.93. The van der Waals surface area contributed by atoms with Gasteiger partial charge in [-0.25, -0.2) is 13.2 Å². The summed E-state index contributed by atoms with van der Waals surface area (Å²) in [5.41, 5.74) is 1.10. The molecule has 2 aromatic rings. The van der Waals surface area contributed by atoms with Crippen molar-refractivity contribution in [3.63, 3.8) is 0 Å². The van der Waals surface area contributed by atoms with Gasteiger partial charge in [-0.3, -0.25) is 4.72 Å². The lowest BCUT2D eigenvalue weighted by molar-refractivity contribution is 0.0698. The van der Waals surface area contributed by atoms with E-state index in [1.54, 1.807) is 19.9 Å². The van der Waals surface area contributed by atoms with Crippen LogP contribution in [-0.2, 0) is 10.0 Å². The topological polar surface area (TPSA) is 83.5 Å². The predicted molar refractivity (Wildman–Crippen MR) is 88.0 cm³/mol. The van der Waals surface area contributed by atoms with Gasteiger partial charge in [-0.1, -0.05) is 29.3 Å². The Morgan fingerprint density at radius 3 is 2.36 bits per heavy atom. The second-order valence-electron chi connectivity index (χ2n) is 4.60. The van der Waals surface area contributed by atoms with Crippen molar-refractivity contribution in [1.82, 2.24) is 0 Å². The molecule has 0 amide bonds. The van der Waals surface area contributed by atoms with Gasteiger partial charge in [0.2, 0.25) is 0 Å². The number of carboxylic acid groups (broad SMARTS) is 1. The van der Waals surface area contributed by atoms with Crippen molar-refractivity contribution in [2.45, 2.75) is 18.7 Å². The Bertz CT molecular complexity index is 859. The lowest BCUT2D eigenvalue weighted by Crippen LogP contribution is -2.16. The fourth-order valence-corrected chi connectivity index (χ4v) is 5.27. The van der Waals surface area contributed by atoms with Crippen LogP contribution in [0.15, 0.2) is 23.1 Å². The van der Waals surface area contributed by atoms with Crippen LogP contribution in [0.1, 0.15) is 21.5 Å². The average Bonchev–Trinajstić information content (AvgIpc) is 2.72. The molecule has 0 aliphatic heterocycles. The fourth-order valence-electron chi connectivity index (χ4n) is 1.97. The van der Waals surface area contributed by atoms with E-state index < -0.39 is 16.0 Å². The molecule has 0 atom stereocenters. The molecular formula is C13H11Cl2NO4S2. The number of anilines is 1. The van der Waals surface area contributed by atoms with Crippen molar-refractivity contribution in [1.29, 1.82) is 0 Å². The normalized spacial score (nSPS) is 11.5. The standard InChI is InChI=1S/C13H11Cl2NO4S2/c1-6-3-7(2)11(8(4-6)13(17)18)16-22(19,20)9-5-10(14)21-12(9)15/h3-5,16H,1-2H3,(H,17,18). The largest absolute Gasteiger partial charge is 0.478 e. The summed E-state index contributed by atoms with van der Waals surface area (Å²) >= 11 is 12.5. The molecule has 9 heteroatoms. The molecule has 0 saturated carbocycles. The molecular weight excluding hydrogens is 369 g/mol. The van der Waals surface area contributed by atoms with E-state index in [0.717, 1.165) is 16.9 Å². The SMILES string of the molecule is Cc1cc(C)c(NS(=O)(=O)c2cc(Cl)sc2Cl)c(C(=O)O)c1. The highest BCUT2D eigenvalue weighted by Gasteiger charge is 2.24. The molecule has 1 aromatic carbocycles. The first-order valence-corrected chi connectivity index (χ1v) is 8.99. The van der Waals surface area contributed by atoms with Gasteiger partial charge in [-0.05, 0) is 37.1 Å². The number of nitrogens with one attached hydrogen (secondary N) is 1. The van der Waals surface area contributed by atoms with Gasteiger partial charge in [0.15, 0.2) is 0 Å². The molecule has 118 valence electrons. The number of carbonyl (C=O) groups is 1. The van der Waals surface area contributed by atoms with Crippen LogP contribution in [0.3, 0.4) is 0 Å². The van der Waals surface area contributed by atoms with Crippen LogP contribution in [-0.4, -0.2) is 19.5 Å². The quantitative estimate of drug-likeness (QED) is 0.834. The van der Waals surface area contributed by atoms with Gasteiger partial charge in [-0.15, -0.1) is 11.3 Å². The smallest absolute Gasteiger partial charge is 0.337 e. The van der Waals surface area contributed by atoms with Crippen molar-refractivity contribution in [2.24, 2.45) is 0 Å². The molecule has 0 aliphatic carbocycles. The summed E-state index contributed by atoms with van der Waals surface area (Å²) in [6.07, 6.45) is 0. The van der Waals surface area contributed by atoms with E-state index in [9.17, 15) is 18.3 Å². The molecule has 0 bridgehead atoms. The summed E-state index contributed by atoms with van der Waals surface area (Å²) in [6, 6.07) is 4.31. The second-order valence-corrected chi connectivity index (χ2v) is 8.54. The van der Waals surface area contributed by atoms with E-state index >= 15 is 0 Å². The minimum Gasteiger partial charge on any atom is -0.478 e. The molecule has 5 nitrogen and oxygen atoms in total. The van der Waals surface area contributed by atoms with Crippen molar-refractivity contribution in [3.05, 3.63) is 43.6 Å². The van der Waals surface area contributed by atoms with Crippen LogP contribution in [0.2, 0.25) is 8.67 Å². The van der Waals surface area contributed by atoms with Gasteiger partial charge < -0.3 is 5.11 Å². The summed E-state index contributed by atoms with van der Waals surface area (Å²) in [7, 11) is -4.03. The van der Waals surface area contributed by atoms with Gasteiger partial charge in [-0.2, -0.15) is 0 Å². The Hall–Kier alpha value is -1.28. The van der Waals surface area contributed by atoms with E-state index in [0.29, 0.717) is 5.56 Å². The Morgan fingerprint density at radius 1 is 1.23 bits per heavy atom. The maximum atomic E-state index is 12.4. The van der Waals surface area contributed by atoms with Crippen molar-refractivity contribution in [2.75, 3.05) is 4.72 Å². The van der Waals surface area contributed by atoms with Gasteiger partial charge >= 0.3 is 5.97 Å². The van der Waals surface area contributed by atoms with Gasteiger partial charge in [0.05, 0.1) is 15.6 Å². The van der Waals surface area contributed by atoms with Crippen LogP contribution >= 0.6 is 34.5 Å². The molecule has 0 spiro atoms. The van der Waals surface area contributed by atoms with Crippen LogP contribution < -0.4 is 4.72 Å². The zero-order chi connectivity index (χ0) is 16.7. The highest BCUT2D eigenvalue weighted by Crippen LogP contribution is 2.36. The predicted octanol–water partition coefficient (Wildman–Crippen LogP) is 4.17. The molecule has 0 saturated heterocycles. The van der Waals surface area contributed by atoms with E-state index in [4.69, 9.17) is 23.2 Å². The molecule has 1 aromatic heterocycles. The van der Waals surface area contributed by atoms with Crippen LogP contribution in [0, 0.1) is 13.8 Å². The van der Waals surface area contributed by atoms with Crippen molar-refractivity contribution in [3.8, 4) is 0 Å². The van der Waals surface area contributed by atoms with E-state index in [-0.39, 0.29) is 24.8 Å². The Labute approximate surface area is 141 Å². The summed E-state index contributed by atoms with van der Waals surface area (Å²) in [5.74, 6) is -1.22. The van der Waals surface area contributed by atoms with Gasteiger partial charge in [0, 0.05) is 0 Å². The first kappa shape index (κ1) is 17.1. The number of rotatable bonds is 4. The fraction of sp³-hybridized carbons (Fsp3) is 0.154. The average molecular weight is 380 g/mol.